The van der Waals surface area contributed by atoms with Crippen LogP contribution in [0.1, 0.15) is 0 Å². The number of hydrogen-bond donors (Lipinski definition) is 1. The van der Waals surface area contributed by atoms with E-state index in [1.807, 2.05) is 6.07 Å². The van der Waals surface area contributed by atoms with Crippen LogP contribution in [-0.4, -0.2) is 9.97 Å². The third-order valence-electron chi connectivity index (χ3n) is 2.72. The third kappa shape index (κ3) is 2.30. The Kier molecular flexibility index (Phi) is 2.93. The topological polar surface area (TPSA) is 61.0 Å². The molecule has 5 heteroatoms. The summed E-state index contributed by atoms with van der Waals surface area (Å²) in [5.74, 6) is 1.24. The molecule has 0 fully saturated rings. The van der Waals surface area contributed by atoms with Crippen LogP contribution >= 0.6 is 11.6 Å². The number of hydrogen-bond acceptors (Lipinski definition) is 4. The van der Waals surface area contributed by atoms with Crippen molar-refractivity contribution < 1.29 is 4.74 Å². The van der Waals surface area contributed by atoms with Gasteiger partial charge in [0.25, 0.3) is 0 Å². The molecular formula is C14H10ClN3O. The Balaban J connectivity index is 2.09. The van der Waals surface area contributed by atoms with Gasteiger partial charge < -0.3 is 10.5 Å². The second kappa shape index (κ2) is 4.74. The Bertz CT molecular complexity index is 746. The molecule has 2 aromatic heterocycles. The van der Waals surface area contributed by atoms with Crippen molar-refractivity contribution in [3.63, 3.8) is 0 Å². The fraction of sp³-hybridized carbons (Fsp3) is 0. The molecule has 94 valence electrons. The van der Waals surface area contributed by atoms with E-state index in [1.54, 1.807) is 43.0 Å². The SMILES string of the molecule is Nc1ccc(Oc2cncc(Cl)c2)c2cnccc12. The van der Waals surface area contributed by atoms with Crippen LogP contribution in [0.4, 0.5) is 5.69 Å². The molecule has 1 aromatic carbocycles. The van der Waals surface area contributed by atoms with Crippen LogP contribution in [0.5, 0.6) is 11.5 Å². The van der Waals surface area contributed by atoms with Crippen LogP contribution in [-0.2, 0) is 0 Å². The van der Waals surface area contributed by atoms with Gasteiger partial charge in [-0.15, -0.1) is 0 Å². The normalized spacial score (nSPS) is 10.6. The average Bonchev–Trinajstić information content (AvgIpc) is 2.42. The summed E-state index contributed by atoms with van der Waals surface area (Å²) in [7, 11) is 0. The number of nitrogen functional groups attached to an aromatic ring is 1. The molecule has 0 atom stereocenters. The first-order chi connectivity index (χ1) is 9.24. The highest BCUT2D eigenvalue weighted by atomic mass is 35.5. The van der Waals surface area contributed by atoms with Gasteiger partial charge in [0, 0.05) is 41.1 Å². The van der Waals surface area contributed by atoms with Crippen molar-refractivity contribution in [2.24, 2.45) is 0 Å². The average molecular weight is 272 g/mol. The highest BCUT2D eigenvalue weighted by molar-refractivity contribution is 6.30. The van der Waals surface area contributed by atoms with Gasteiger partial charge in [-0.1, -0.05) is 11.6 Å². The van der Waals surface area contributed by atoms with E-state index in [0.717, 1.165) is 10.8 Å². The molecule has 0 aliphatic rings. The summed E-state index contributed by atoms with van der Waals surface area (Å²) >= 11 is 5.88. The molecule has 0 spiro atoms. The number of rotatable bonds is 2. The molecule has 0 bridgehead atoms. The van der Waals surface area contributed by atoms with Crippen LogP contribution in [0.3, 0.4) is 0 Å². The maximum Gasteiger partial charge on any atom is 0.147 e. The van der Waals surface area contributed by atoms with Crippen LogP contribution < -0.4 is 10.5 Å². The number of nitrogens with two attached hydrogens (primary N) is 1. The molecule has 0 saturated heterocycles. The van der Waals surface area contributed by atoms with E-state index < -0.39 is 0 Å². The van der Waals surface area contributed by atoms with E-state index in [-0.39, 0.29) is 0 Å². The first kappa shape index (κ1) is 11.7. The summed E-state index contributed by atoms with van der Waals surface area (Å²) < 4.78 is 5.78. The second-order valence-corrected chi connectivity index (χ2v) is 4.45. The van der Waals surface area contributed by atoms with Gasteiger partial charge in [0.2, 0.25) is 0 Å². The van der Waals surface area contributed by atoms with Gasteiger partial charge in [0.15, 0.2) is 0 Å². The fourth-order valence-corrected chi connectivity index (χ4v) is 2.02. The van der Waals surface area contributed by atoms with Crippen molar-refractivity contribution in [1.82, 2.24) is 9.97 Å². The Labute approximate surface area is 114 Å². The lowest BCUT2D eigenvalue weighted by molar-refractivity contribution is 0.486. The highest BCUT2D eigenvalue weighted by Crippen LogP contribution is 2.32. The van der Waals surface area contributed by atoms with Gasteiger partial charge in [-0.05, 0) is 18.2 Å². The Hall–Kier alpha value is -2.33. The Morgan fingerprint density at radius 1 is 1.00 bits per heavy atom. The summed E-state index contributed by atoms with van der Waals surface area (Å²) in [4.78, 5) is 8.08. The van der Waals surface area contributed by atoms with Crippen LogP contribution in [0, 0.1) is 0 Å². The van der Waals surface area contributed by atoms with Crippen LogP contribution in [0.15, 0.2) is 49.1 Å². The molecule has 4 nitrogen and oxygen atoms in total. The van der Waals surface area contributed by atoms with Gasteiger partial charge in [-0.2, -0.15) is 0 Å². The fourth-order valence-electron chi connectivity index (χ4n) is 1.85. The first-order valence-corrected chi connectivity index (χ1v) is 6.02. The van der Waals surface area contributed by atoms with E-state index in [9.17, 15) is 0 Å². The van der Waals surface area contributed by atoms with Crippen molar-refractivity contribution in [2.45, 2.75) is 0 Å². The summed E-state index contributed by atoms with van der Waals surface area (Å²) in [6.45, 7) is 0. The van der Waals surface area contributed by atoms with Crippen molar-refractivity contribution in [1.29, 1.82) is 0 Å². The summed E-state index contributed by atoms with van der Waals surface area (Å²) in [6.07, 6.45) is 6.57. The van der Waals surface area contributed by atoms with E-state index in [2.05, 4.69) is 9.97 Å². The molecular weight excluding hydrogens is 262 g/mol. The number of anilines is 1. The van der Waals surface area contributed by atoms with E-state index in [0.29, 0.717) is 22.2 Å². The van der Waals surface area contributed by atoms with Crippen LogP contribution in [0.2, 0.25) is 5.02 Å². The highest BCUT2D eigenvalue weighted by Gasteiger charge is 2.06. The van der Waals surface area contributed by atoms with Gasteiger partial charge in [-0.3, -0.25) is 9.97 Å². The molecule has 3 rings (SSSR count). The van der Waals surface area contributed by atoms with Gasteiger partial charge in [0.1, 0.15) is 11.5 Å². The number of fused-ring (bicyclic) bond motifs is 1. The first-order valence-electron chi connectivity index (χ1n) is 5.64. The predicted octanol–water partition coefficient (Wildman–Crippen LogP) is 3.66. The lowest BCUT2D eigenvalue weighted by Crippen LogP contribution is -1.91. The summed E-state index contributed by atoms with van der Waals surface area (Å²) in [6, 6.07) is 7.16. The molecule has 2 heterocycles. The number of aromatic nitrogens is 2. The molecule has 19 heavy (non-hydrogen) atoms. The monoisotopic (exact) mass is 271 g/mol. The molecule has 0 amide bonds. The largest absolute Gasteiger partial charge is 0.455 e. The molecule has 0 aliphatic heterocycles. The number of halogens is 1. The second-order valence-electron chi connectivity index (χ2n) is 4.02. The molecule has 0 unspecified atom stereocenters. The summed E-state index contributed by atoms with van der Waals surface area (Å²) in [5, 5.41) is 2.28. The molecule has 0 radical (unpaired) electrons. The van der Waals surface area contributed by atoms with Gasteiger partial charge in [-0.25, -0.2) is 0 Å². The third-order valence-corrected chi connectivity index (χ3v) is 2.93. The van der Waals surface area contributed by atoms with E-state index in [1.165, 1.54) is 0 Å². The Morgan fingerprint density at radius 3 is 2.74 bits per heavy atom. The molecule has 2 N–H and O–H groups in total. The standard InChI is InChI=1S/C14H10ClN3O/c15-9-5-10(7-18-6-9)19-14-2-1-13(16)11-3-4-17-8-12(11)14/h1-8H,16H2. The number of nitrogens with zero attached hydrogens (tertiary/aromatic N) is 2. The molecule has 3 aromatic rings. The van der Waals surface area contributed by atoms with Crippen molar-refractivity contribution in [3.8, 4) is 11.5 Å². The van der Waals surface area contributed by atoms with Gasteiger partial charge in [0.05, 0.1) is 11.2 Å². The Morgan fingerprint density at radius 2 is 1.89 bits per heavy atom. The number of pyridine rings is 2. The van der Waals surface area contributed by atoms with Crippen molar-refractivity contribution in [3.05, 3.63) is 54.1 Å². The quantitative estimate of drug-likeness (QED) is 0.723. The number of ether oxygens (including phenoxy) is 1. The molecule has 0 aliphatic carbocycles. The lowest BCUT2D eigenvalue weighted by Gasteiger charge is -2.10. The minimum atomic E-state index is 0.523. The van der Waals surface area contributed by atoms with Crippen LogP contribution in [0.25, 0.3) is 10.8 Å². The zero-order valence-corrected chi connectivity index (χ0v) is 10.6. The van der Waals surface area contributed by atoms with E-state index >= 15 is 0 Å². The minimum absolute atomic E-state index is 0.523. The van der Waals surface area contributed by atoms with E-state index in [4.69, 9.17) is 22.1 Å². The van der Waals surface area contributed by atoms with Gasteiger partial charge >= 0.3 is 0 Å². The summed E-state index contributed by atoms with van der Waals surface area (Å²) in [5.41, 5.74) is 6.61. The van der Waals surface area contributed by atoms with Crippen molar-refractivity contribution >= 4 is 28.1 Å². The maximum absolute atomic E-state index is 5.93. The predicted molar refractivity (Wildman–Crippen MR) is 75.5 cm³/mol. The zero-order chi connectivity index (χ0) is 13.2. The van der Waals surface area contributed by atoms with Crippen molar-refractivity contribution in [2.75, 3.05) is 5.73 Å². The smallest absolute Gasteiger partial charge is 0.147 e. The lowest BCUT2D eigenvalue weighted by atomic mass is 10.1. The molecule has 0 saturated carbocycles. The number of benzene rings is 1. The zero-order valence-electron chi connectivity index (χ0n) is 9.88. The maximum atomic E-state index is 5.93. The minimum Gasteiger partial charge on any atom is -0.455 e.